The number of hydrogen-bond acceptors (Lipinski definition) is 4. The maximum absolute atomic E-state index is 6.75. The zero-order chi connectivity index (χ0) is 25.1. The lowest BCUT2D eigenvalue weighted by Gasteiger charge is -2.41. The molecular formula is C27H45BN2O3Si. The van der Waals surface area contributed by atoms with Gasteiger partial charge in [0, 0.05) is 18.6 Å². The smallest absolute Gasteiger partial charge is 0.414 e. The van der Waals surface area contributed by atoms with Crippen LogP contribution in [0.4, 0.5) is 0 Å². The van der Waals surface area contributed by atoms with Crippen molar-refractivity contribution in [1.29, 1.82) is 0 Å². The van der Waals surface area contributed by atoms with E-state index < -0.39 is 8.32 Å². The lowest BCUT2D eigenvalue weighted by molar-refractivity contribution is 0.00578. The van der Waals surface area contributed by atoms with Crippen molar-refractivity contribution in [3.8, 4) is 0 Å². The van der Waals surface area contributed by atoms with Crippen LogP contribution in [0.5, 0.6) is 0 Å². The number of aryl methyl sites for hydroxylation is 1. The van der Waals surface area contributed by atoms with Crippen molar-refractivity contribution in [1.82, 2.24) is 9.55 Å². The molecule has 0 amide bonds. The summed E-state index contributed by atoms with van der Waals surface area (Å²) < 4.78 is 21.8. The Balaban J connectivity index is 1.53. The van der Waals surface area contributed by atoms with Gasteiger partial charge in [0.1, 0.15) is 5.82 Å². The normalized spacial score (nSPS) is 25.3. The van der Waals surface area contributed by atoms with Gasteiger partial charge in [-0.1, -0.05) is 33.8 Å². The highest BCUT2D eigenvalue weighted by Gasteiger charge is 2.51. The third kappa shape index (κ3) is 4.65. The first-order chi connectivity index (χ1) is 15.6. The molecule has 0 N–H and O–H groups in total. The Hall–Kier alpha value is -1.15. The van der Waals surface area contributed by atoms with Crippen molar-refractivity contribution in [2.24, 2.45) is 0 Å². The lowest BCUT2D eigenvalue weighted by atomic mass is 9.79. The molecule has 0 spiro atoms. The van der Waals surface area contributed by atoms with Crippen molar-refractivity contribution in [2.45, 2.75) is 129 Å². The van der Waals surface area contributed by atoms with Crippen LogP contribution in [0, 0.1) is 0 Å². The molecule has 5 nitrogen and oxygen atoms in total. The average molecular weight is 485 g/mol. The molecular weight excluding hydrogens is 439 g/mol. The minimum Gasteiger partial charge on any atom is -0.414 e. The van der Waals surface area contributed by atoms with Crippen molar-refractivity contribution in [3.05, 3.63) is 24.0 Å². The predicted molar refractivity (Wildman–Crippen MR) is 144 cm³/mol. The Morgan fingerprint density at radius 2 is 1.65 bits per heavy atom. The highest BCUT2D eigenvalue weighted by molar-refractivity contribution is 6.74. The fourth-order valence-electron chi connectivity index (χ4n) is 4.96. The molecule has 0 atom stereocenters. The van der Waals surface area contributed by atoms with E-state index in [1.54, 1.807) is 0 Å². The number of benzene rings is 1. The SMILES string of the molecule is CCc1nc2cc(B3OC(C)(C)C(C)(C)O3)ccc2n1[C@H]1CC[C@H](O[Si](C)(C)C(C)(C)C)CC1. The summed E-state index contributed by atoms with van der Waals surface area (Å²) in [6.45, 7) is 22.3. The number of imidazole rings is 1. The van der Waals surface area contributed by atoms with Crippen LogP contribution >= 0.6 is 0 Å². The summed E-state index contributed by atoms with van der Waals surface area (Å²) in [6, 6.07) is 7.04. The molecule has 4 rings (SSSR count). The first-order valence-corrected chi connectivity index (χ1v) is 16.1. The second-order valence-corrected chi connectivity index (χ2v) is 17.7. The van der Waals surface area contributed by atoms with E-state index >= 15 is 0 Å². The van der Waals surface area contributed by atoms with Gasteiger partial charge in [-0.05, 0) is 89.1 Å². The second-order valence-electron chi connectivity index (χ2n) is 12.9. The van der Waals surface area contributed by atoms with Gasteiger partial charge in [0.05, 0.1) is 22.2 Å². The molecule has 2 heterocycles. The number of rotatable bonds is 5. The van der Waals surface area contributed by atoms with Crippen molar-refractivity contribution < 1.29 is 13.7 Å². The van der Waals surface area contributed by atoms with E-state index in [4.69, 9.17) is 18.7 Å². The molecule has 34 heavy (non-hydrogen) atoms. The quantitative estimate of drug-likeness (QED) is 0.461. The van der Waals surface area contributed by atoms with Crippen LogP contribution in [-0.2, 0) is 20.2 Å². The molecule has 1 aromatic carbocycles. The van der Waals surface area contributed by atoms with Crippen LogP contribution in [0.1, 0.15) is 92.9 Å². The maximum atomic E-state index is 6.75. The van der Waals surface area contributed by atoms with Crippen LogP contribution in [0.25, 0.3) is 11.0 Å². The van der Waals surface area contributed by atoms with Crippen molar-refractivity contribution in [2.75, 3.05) is 0 Å². The molecule has 1 saturated carbocycles. The fourth-order valence-corrected chi connectivity index (χ4v) is 6.39. The zero-order valence-electron chi connectivity index (χ0n) is 23.1. The van der Waals surface area contributed by atoms with Gasteiger partial charge in [-0.2, -0.15) is 0 Å². The van der Waals surface area contributed by atoms with Gasteiger partial charge >= 0.3 is 7.12 Å². The summed E-state index contributed by atoms with van der Waals surface area (Å²) in [5.41, 5.74) is 2.64. The Labute approximate surface area is 208 Å². The first-order valence-electron chi connectivity index (χ1n) is 13.2. The standard InChI is InChI=1S/C27H45BN2O3Si/c1-11-24-29-22-18-19(28-32-26(5,6)27(7,8)33-28)12-17-23(22)30(24)20-13-15-21(16-14-20)31-34(9,10)25(2,3)4/h12,17-18,20-21H,11,13-16H2,1-10H3/t20-,21-. The molecule has 1 aromatic heterocycles. The van der Waals surface area contributed by atoms with E-state index in [1.807, 2.05) is 0 Å². The lowest BCUT2D eigenvalue weighted by Crippen LogP contribution is -2.44. The fraction of sp³-hybridized carbons (Fsp3) is 0.741. The van der Waals surface area contributed by atoms with Crippen molar-refractivity contribution >= 4 is 31.9 Å². The van der Waals surface area contributed by atoms with E-state index in [2.05, 4.69) is 91.3 Å². The molecule has 1 saturated heterocycles. The van der Waals surface area contributed by atoms with Gasteiger partial charge in [-0.3, -0.25) is 0 Å². The molecule has 188 valence electrons. The Morgan fingerprint density at radius 1 is 1.06 bits per heavy atom. The third-order valence-corrected chi connectivity index (χ3v) is 13.4. The van der Waals surface area contributed by atoms with Gasteiger partial charge < -0.3 is 18.3 Å². The van der Waals surface area contributed by atoms with Gasteiger partial charge in [-0.15, -0.1) is 0 Å². The van der Waals surface area contributed by atoms with Gasteiger partial charge in [0.15, 0.2) is 8.32 Å². The summed E-state index contributed by atoms with van der Waals surface area (Å²) >= 11 is 0. The molecule has 1 aliphatic heterocycles. The predicted octanol–water partition coefficient (Wildman–Crippen LogP) is 6.40. The Kier molecular flexibility index (Phi) is 6.68. The molecule has 2 aliphatic rings. The average Bonchev–Trinajstić information content (AvgIpc) is 3.20. The van der Waals surface area contributed by atoms with Gasteiger partial charge in [0.25, 0.3) is 0 Å². The van der Waals surface area contributed by atoms with Crippen LogP contribution in [0.2, 0.25) is 18.1 Å². The number of fused-ring (bicyclic) bond motifs is 1. The van der Waals surface area contributed by atoms with E-state index in [0.29, 0.717) is 12.1 Å². The van der Waals surface area contributed by atoms with Gasteiger partial charge in [0.2, 0.25) is 0 Å². The van der Waals surface area contributed by atoms with Crippen molar-refractivity contribution in [3.63, 3.8) is 0 Å². The zero-order valence-corrected chi connectivity index (χ0v) is 24.1. The second kappa shape index (κ2) is 8.75. The summed E-state index contributed by atoms with van der Waals surface area (Å²) in [5.74, 6) is 1.18. The van der Waals surface area contributed by atoms with E-state index in [1.165, 1.54) is 11.3 Å². The minimum absolute atomic E-state index is 0.259. The maximum Gasteiger partial charge on any atom is 0.494 e. The van der Waals surface area contributed by atoms with Crippen LogP contribution < -0.4 is 5.46 Å². The highest BCUT2D eigenvalue weighted by atomic mass is 28.4. The highest BCUT2D eigenvalue weighted by Crippen LogP contribution is 2.41. The van der Waals surface area contributed by atoms with E-state index in [0.717, 1.165) is 43.1 Å². The van der Waals surface area contributed by atoms with Crippen LogP contribution in [0.3, 0.4) is 0 Å². The molecule has 7 heteroatoms. The summed E-state index contributed by atoms with van der Waals surface area (Å²) in [7, 11) is -2.08. The van der Waals surface area contributed by atoms with E-state index in [-0.39, 0.29) is 23.4 Å². The largest absolute Gasteiger partial charge is 0.494 e. The molecule has 2 fully saturated rings. The molecule has 0 radical (unpaired) electrons. The van der Waals surface area contributed by atoms with Gasteiger partial charge in [-0.25, -0.2) is 4.98 Å². The minimum atomic E-state index is -1.72. The molecule has 0 bridgehead atoms. The van der Waals surface area contributed by atoms with E-state index in [9.17, 15) is 0 Å². The monoisotopic (exact) mass is 484 g/mol. The number of aromatic nitrogens is 2. The third-order valence-electron chi connectivity index (χ3n) is 8.90. The molecule has 1 aliphatic carbocycles. The first kappa shape index (κ1) is 25.9. The number of hydrogen-bond donors (Lipinski definition) is 0. The summed E-state index contributed by atoms with van der Waals surface area (Å²) in [4.78, 5) is 5.05. The molecule has 2 aromatic rings. The summed E-state index contributed by atoms with van der Waals surface area (Å²) in [5, 5.41) is 0.259. The Morgan fingerprint density at radius 3 is 2.18 bits per heavy atom. The summed E-state index contributed by atoms with van der Waals surface area (Å²) in [6.07, 6.45) is 5.89. The Bertz CT molecular complexity index is 1020. The number of nitrogens with zero attached hydrogens (tertiary/aromatic N) is 2. The van der Waals surface area contributed by atoms with Crippen LogP contribution in [-0.4, -0.2) is 42.3 Å². The topological polar surface area (TPSA) is 45.5 Å². The van der Waals surface area contributed by atoms with Crippen LogP contribution in [0.15, 0.2) is 18.2 Å². The molecule has 0 unspecified atom stereocenters.